The lowest BCUT2D eigenvalue weighted by Gasteiger charge is -2.46. The number of carbonyl (C=O) groups is 1. The number of amidine groups is 1. The summed E-state index contributed by atoms with van der Waals surface area (Å²) in [5, 5.41) is 12.6. The van der Waals surface area contributed by atoms with Gasteiger partial charge in [0.2, 0.25) is 0 Å². The Morgan fingerprint density at radius 1 is 1.28 bits per heavy atom. The average Bonchev–Trinajstić information content (AvgIpc) is 2.73. The number of ether oxygens (including phenoxy) is 1. The molecule has 2 aromatic rings. The zero-order valence-electron chi connectivity index (χ0n) is 15.5. The van der Waals surface area contributed by atoms with Gasteiger partial charge in [0.15, 0.2) is 5.17 Å². The normalized spacial score (nSPS) is 26.4. The van der Waals surface area contributed by atoms with Gasteiger partial charge in [0.25, 0.3) is 5.91 Å². The minimum Gasteiger partial charge on any atom is -0.394 e. The summed E-state index contributed by atoms with van der Waals surface area (Å²) in [6, 6.07) is 12.1. The maximum atomic E-state index is 14.7. The standard InChI is InChI=1S/C21H20F2N2O3S/c22-15-6-7-17(18(23)9-15)21-12-28-16(10-26)8-14(21)11-29-20(25-21)24-19(27)13-4-2-1-3-5-13/h1-7,9,14,16,26H,8,10-12H2,(H,24,25,27). The van der Waals surface area contributed by atoms with Gasteiger partial charge in [0.1, 0.15) is 17.2 Å². The fourth-order valence-electron chi connectivity index (χ4n) is 3.81. The van der Waals surface area contributed by atoms with Crippen molar-refractivity contribution in [1.82, 2.24) is 5.32 Å². The third-order valence-electron chi connectivity index (χ3n) is 5.34. The Hall–Kier alpha value is -2.29. The molecule has 0 spiro atoms. The molecule has 1 amide bonds. The molecular formula is C21H20F2N2O3S. The molecule has 4 rings (SSSR count). The Morgan fingerprint density at radius 2 is 2.07 bits per heavy atom. The first-order chi connectivity index (χ1) is 14.0. The molecule has 5 nitrogen and oxygen atoms in total. The van der Waals surface area contributed by atoms with E-state index >= 15 is 0 Å². The predicted molar refractivity (Wildman–Crippen MR) is 107 cm³/mol. The smallest absolute Gasteiger partial charge is 0.257 e. The van der Waals surface area contributed by atoms with E-state index in [0.29, 0.717) is 22.9 Å². The van der Waals surface area contributed by atoms with Gasteiger partial charge in [0, 0.05) is 28.9 Å². The van der Waals surface area contributed by atoms with Crippen LogP contribution in [0.5, 0.6) is 0 Å². The highest BCUT2D eigenvalue weighted by Gasteiger charge is 2.49. The first-order valence-corrected chi connectivity index (χ1v) is 10.3. The molecule has 3 unspecified atom stereocenters. The molecule has 152 valence electrons. The van der Waals surface area contributed by atoms with Crippen molar-refractivity contribution < 1.29 is 23.4 Å². The molecule has 1 saturated heterocycles. The Bertz CT molecular complexity index is 941. The van der Waals surface area contributed by atoms with Gasteiger partial charge in [-0.1, -0.05) is 36.0 Å². The summed E-state index contributed by atoms with van der Waals surface area (Å²) in [6.45, 7) is -0.0961. The van der Waals surface area contributed by atoms with Crippen LogP contribution in [0.15, 0.2) is 53.5 Å². The van der Waals surface area contributed by atoms with Crippen molar-refractivity contribution in [3.8, 4) is 0 Å². The van der Waals surface area contributed by atoms with E-state index in [9.17, 15) is 18.7 Å². The van der Waals surface area contributed by atoms with Crippen molar-refractivity contribution in [2.24, 2.45) is 10.9 Å². The lowest BCUT2D eigenvalue weighted by atomic mass is 9.75. The molecule has 3 atom stereocenters. The van der Waals surface area contributed by atoms with E-state index in [2.05, 4.69) is 5.32 Å². The van der Waals surface area contributed by atoms with E-state index in [4.69, 9.17) is 9.73 Å². The minimum atomic E-state index is -1.09. The van der Waals surface area contributed by atoms with Gasteiger partial charge in [-0.05, 0) is 24.6 Å². The topological polar surface area (TPSA) is 70.9 Å². The number of nitrogens with zero attached hydrogens (tertiary/aromatic N) is 1. The summed E-state index contributed by atoms with van der Waals surface area (Å²) in [5.41, 5.74) is -0.374. The van der Waals surface area contributed by atoms with E-state index < -0.39 is 17.2 Å². The number of thioether (sulfide) groups is 1. The lowest BCUT2D eigenvalue weighted by Crippen LogP contribution is -2.51. The molecule has 2 aliphatic rings. The van der Waals surface area contributed by atoms with Crippen LogP contribution < -0.4 is 5.32 Å². The Morgan fingerprint density at radius 3 is 2.79 bits per heavy atom. The van der Waals surface area contributed by atoms with Gasteiger partial charge in [-0.25, -0.2) is 13.8 Å². The first-order valence-electron chi connectivity index (χ1n) is 9.29. The highest BCUT2D eigenvalue weighted by molar-refractivity contribution is 8.13. The van der Waals surface area contributed by atoms with Crippen LogP contribution in [0.25, 0.3) is 0 Å². The number of amides is 1. The Balaban J connectivity index is 1.70. The second-order valence-corrected chi connectivity index (χ2v) is 8.15. The zero-order chi connectivity index (χ0) is 20.4. The van der Waals surface area contributed by atoms with Crippen molar-refractivity contribution >= 4 is 22.8 Å². The van der Waals surface area contributed by atoms with Crippen molar-refractivity contribution in [3.63, 3.8) is 0 Å². The molecule has 2 aromatic carbocycles. The maximum absolute atomic E-state index is 14.7. The van der Waals surface area contributed by atoms with Gasteiger partial charge in [-0.2, -0.15) is 0 Å². The fraction of sp³-hybridized carbons (Fsp3) is 0.333. The van der Waals surface area contributed by atoms with E-state index in [0.717, 1.165) is 6.07 Å². The predicted octanol–water partition coefficient (Wildman–Crippen LogP) is 3.09. The number of rotatable bonds is 3. The second-order valence-electron chi connectivity index (χ2n) is 7.14. The number of carbonyl (C=O) groups excluding carboxylic acids is 1. The molecule has 0 radical (unpaired) electrons. The SMILES string of the molecule is O=C(NC1=NC2(c3ccc(F)cc3F)COC(CO)CC2CS1)c1ccccc1. The third-order valence-corrected chi connectivity index (χ3v) is 6.38. The molecule has 0 aliphatic carbocycles. The van der Waals surface area contributed by atoms with E-state index in [1.54, 1.807) is 24.3 Å². The van der Waals surface area contributed by atoms with Crippen LogP contribution in [-0.2, 0) is 10.3 Å². The maximum Gasteiger partial charge on any atom is 0.257 e. The van der Waals surface area contributed by atoms with Gasteiger partial charge in [-0.3, -0.25) is 4.79 Å². The Kier molecular flexibility index (Phi) is 5.67. The van der Waals surface area contributed by atoms with Crippen molar-refractivity contribution in [2.75, 3.05) is 19.0 Å². The molecule has 29 heavy (non-hydrogen) atoms. The van der Waals surface area contributed by atoms with Crippen LogP contribution in [0.4, 0.5) is 8.78 Å². The van der Waals surface area contributed by atoms with Gasteiger partial charge in [-0.15, -0.1) is 0 Å². The van der Waals surface area contributed by atoms with E-state index in [1.807, 2.05) is 6.07 Å². The lowest BCUT2D eigenvalue weighted by molar-refractivity contribution is -0.0771. The fourth-order valence-corrected chi connectivity index (χ4v) is 4.98. The van der Waals surface area contributed by atoms with E-state index in [-0.39, 0.29) is 36.7 Å². The van der Waals surface area contributed by atoms with Gasteiger partial charge in [0.05, 0.1) is 19.3 Å². The number of aliphatic hydroxyl groups is 1. The molecule has 0 aromatic heterocycles. The van der Waals surface area contributed by atoms with Crippen molar-refractivity contribution in [2.45, 2.75) is 18.1 Å². The van der Waals surface area contributed by atoms with Gasteiger partial charge >= 0.3 is 0 Å². The molecule has 0 saturated carbocycles. The third kappa shape index (κ3) is 3.92. The quantitative estimate of drug-likeness (QED) is 0.804. The van der Waals surface area contributed by atoms with E-state index in [1.165, 1.54) is 23.9 Å². The summed E-state index contributed by atoms with van der Waals surface area (Å²) in [4.78, 5) is 17.2. The van der Waals surface area contributed by atoms with Crippen molar-refractivity contribution in [1.29, 1.82) is 0 Å². The Labute approximate surface area is 171 Å². The summed E-state index contributed by atoms with van der Waals surface area (Å²) < 4.78 is 34.0. The molecule has 1 fully saturated rings. The van der Waals surface area contributed by atoms with Crippen LogP contribution in [0.3, 0.4) is 0 Å². The van der Waals surface area contributed by atoms with Crippen molar-refractivity contribution in [3.05, 3.63) is 71.3 Å². The number of nitrogens with one attached hydrogen (secondary N) is 1. The largest absolute Gasteiger partial charge is 0.394 e. The number of halogens is 2. The number of fused-ring (bicyclic) bond motifs is 1. The summed E-state index contributed by atoms with van der Waals surface area (Å²) >= 11 is 1.37. The number of benzene rings is 2. The van der Waals surface area contributed by atoms with Crippen LogP contribution in [-0.4, -0.2) is 41.3 Å². The summed E-state index contributed by atoms with van der Waals surface area (Å²) in [5.74, 6) is -1.25. The molecular weight excluding hydrogens is 398 g/mol. The van der Waals surface area contributed by atoms with Crippen LogP contribution in [0, 0.1) is 17.6 Å². The molecule has 2 N–H and O–H groups in total. The summed E-state index contributed by atoms with van der Waals surface area (Å²) in [7, 11) is 0. The molecule has 2 heterocycles. The first kappa shape index (κ1) is 20.0. The van der Waals surface area contributed by atoms with Gasteiger partial charge < -0.3 is 15.2 Å². The van der Waals surface area contributed by atoms with Crippen LogP contribution in [0.2, 0.25) is 0 Å². The zero-order valence-corrected chi connectivity index (χ0v) is 16.3. The highest BCUT2D eigenvalue weighted by Crippen LogP contribution is 2.46. The molecule has 0 bridgehead atoms. The molecule has 8 heteroatoms. The second kappa shape index (κ2) is 8.22. The summed E-state index contributed by atoms with van der Waals surface area (Å²) in [6.07, 6.45) is 0.136. The molecule has 2 aliphatic heterocycles. The monoisotopic (exact) mass is 418 g/mol. The number of aliphatic hydroxyl groups excluding tert-OH is 1. The minimum absolute atomic E-state index is 0.0384. The number of hydrogen-bond donors (Lipinski definition) is 2. The average molecular weight is 418 g/mol. The number of hydrogen-bond acceptors (Lipinski definition) is 5. The highest BCUT2D eigenvalue weighted by atomic mass is 32.2. The van der Waals surface area contributed by atoms with Crippen LogP contribution in [0.1, 0.15) is 22.3 Å². The van der Waals surface area contributed by atoms with Crippen LogP contribution >= 0.6 is 11.8 Å². The number of aliphatic imine (C=N–C) groups is 1.